The molecule has 1 aliphatic rings. The fourth-order valence-corrected chi connectivity index (χ4v) is 4.44. The molecule has 7 heteroatoms. The van der Waals surface area contributed by atoms with Crippen molar-refractivity contribution in [1.82, 2.24) is 10.2 Å². The molecule has 2 amide bonds. The highest BCUT2D eigenvalue weighted by molar-refractivity contribution is 7.80. The number of anilines is 1. The summed E-state index contributed by atoms with van der Waals surface area (Å²) < 4.78 is 5.82. The van der Waals surface area contributed by atoms with Crippen LogP contribution in [0.25, 0.3) is 0 Å². The molecule has 182 valence electrons. The van der Waals surface area contributed by atoms with E-state index in [9.17, 15) is 9.59 Å². The molecule has 0 unspecified atom stereocenters. The van der Waals surface area contributed by atoms with E-state index in [2.05, 4.69) is 17.6 Å². The average Bonchev–Trinajstić information content (AvgIpc) is 2.86. The van der Waals surface area contributed by atoms with Gasteiger partial charge in [0.25, 0.3) is 11.8 Å². The van der Waals surface area contributed by atoms with Gasteiger partial charge in [0.1, 0.15) is 5.75 Å². The zero-order valence-electron chi connectivity index (χ0n) is 20.1. The van der Waals surface area contributed by atoms with Gasteiger partial charge in [-0.25, -0.2) is 0 Å². The van der Waals surface area contributed by atoms with Gasteiger partial charge in [-0.3, -0.25) is 14.9 Å². The van der Waals surface area contributed by atoms with Crippen molar-refractivity contribution in [2.75, 3.05) is 19.0 Å². The normalized spacial score (nSPS) is 13.7. The topological polar surface area (TPSA) is 70.7 Å². The molecular weight excluding hydrogens is 446 g/mol. The van der Waals surface area contributed by atoms with E-state index in [1.165, 1.54) is 6.42 Å². The van der Waals surface area contributed by atoms with Gasteiger partial charge in [-0.15, -0.1) is 0 Å². The first-order valence-electron chi connectivity index (χ1n) is 12.2. The zero-order chi connectivity index (χ0) is 24.3. The summed E-state index contributed by atoms with van der Waals surface area (Å²) in [6.45, 7) is 2.69. The van der Waals surface area contributed by atoms with Gasteiger partial charge in [-0.2, -0.15) is 0 Å². The van der Waals surface area contributed by atoms with Crippen LogP contribution in [0.3, 0.4) is 0 Å². The number of hydrogen-bond acceptors (Lipinski definition) is 4. The Kier molecular flexibility index (Phi) is 9.89. The molecule has 34 heavy (non-hydrogen) atoms. The Labute approximate surface area is 208 Å². The Balaban J connectivity index is 1.64. The number of rotatable bonds is 9. The molecule has 1 saturated carbocycles. The maximum atomic E-state index is 13.2. The minimum atomic E-state index is -0.355. The first-order valence-corrected chi connectivity index (χ1v) is 12.6. The minimum Gasteiger partial charge on any atom is -0.493 e. The third-order valence-corrected chi connectivity index (χ3v) is 6.42. The van der Waals surface area contributed by atoms with Crippen molar-refractivity contribution in [3.63, 3.8) is 0 Å². The van der Waals surface area contributed by atoms with Gasteiger partial charge in [0.2, 0.25) is 0 Å². The Hall–Kier alpha value is -2.93. The molecule has 0 saturated heterocycles. The first-order chi connectivity index (χ1) is 16.5. The summed E-state index contributed by atoms with van der Waals surface area (Å²) >= 11 is 5.41. The molecule has 0 bridgehead atoms. The maximum absolute atomic E-state index is 13.2. The molecule has 0 atom stereocenters. The van der Waals surface area contributed by atoms with E-state index in [1.54, 1.807) is 30.3 Å². The standard InChI is InChI=1S/C27H35N3O3S/c1-3-4-12-19-33-24-18-11-9-16-22(24)25(31)29-27(34)28-23-17-10-8-15-21(23)26(32)30(2)20-13-6-5-7-14-20/h8-11,15-18,20H,3-7,12-14,19H2,1-2H3,(H2,28,29,31,34). The molecule has 2 N–H and O–H groups in total. The van der Waals surface area contributed by atoms with E-state index < -0.39 is 0 Å². The largest absolute Gasteiger partial charge is 0.493 e. The van der Waals surface area contributed by atoms with Gasteiger partial charge in [0.15, 0.2) is 5.11 Å². The second kappa shape index (κ2) is 13.1. The van der Waals surface area contributed by atoms with Crippen LogP contribution in [0.1, 0.15) is 79.0 Å². The number of nitrogens with zero attached hydrogens (tertiary/aromatic N) is 1. The third-order valence-electron chi connectivity index (χ3n) is 6.21. The lowest BCUT2D eigenvalue weighted by molar-refractivity contribution is 0.0697. The number of amides is 2. The van der Waals surface area contributed by atoms with Gasteiger partial charge in [-0.1, -0.05) is 63.3 Å². The third kappa shape index (κ3) is 7.03. The van der Waals surface area contributed by atoms with E-state index in [0.29, 0.717) is 29.2 Å². The van der Waals surface area contributed by atoms with Crippen molar-refractivity contribution < 1.29 is 14.3 Å². The van der Waals surface area contributed by atoms with E-state index in [0.717, 1.165) is 44.9 Å². The van der Waals surface area contributed by atoms with Gasteiger partial charge >= 0.3 is 0 Å². The number of para-hydroxylation sites is 2. The predicted molar refractivity (Wildman–Crippen MR) is 141 cm³/mol. The smallest absolute Gasteiger partial charge is 0.261 e. The van der Waals surface area contributed by atoms with Crippen LogP contribution in [0, 0.1) is 0 Å². The summed E-state index contributed by atoms with van der Waals surface area (Å²) in [5.41, 5.74) is 1.53. The molecule has 1 fully saturated rings. The summed E-state index contributed by atoms with van der Waals surface area (Å²) in [5.74, 6) is 0.130. The van der Waals surface area contributed by atoms with Gasteiger partial charge < -0.3 is 15.0 Å². The van der Waals surface area contributed by atoms with Crippen LogP contribution in [0.2, 0.25) is 0 Å². The second-order valence-corrected chi connectivity index (χ2v) is 9.12. The SMILES string of the molecule is CCCCCOc1ccccc1C(=O)NC(=S)Nc1ccccc1C(=O)N(C)C1CCCCC1. The first kappa shape index (κ1) is 25.7. The monoisotopic (exact) mass is 481 g/mol. The summed E-state index contributed by atoms with van der Waals surface area (Å²) in [6.07, 6.45) is 8.73. The predicted octanol–water partition coefficient (Wildman–Crippen LogP) is 5.79. The quantitative estimate of drug-likeness (QED) is 0.351. The lowest BCUT2D eigenvalue weighted by Crippen LogP contribution is -2.39. The molecule has 1 aliphatic carbocycles. The molecule has 0 aliphatic heterocycles. The Bertz CT molecular complexity index is 989. The lowest BCUT2D eigenvalue weighted by atomic mass is 9.94. The molecule has 0 spiro atoms. The minimum absolute atomic E-state index is 0.0463. The number of nitrogens with one attached hydrogen (secondary N) is 2. The Morgan fingerprint density at radius 2 is 1.68 bits per heavy atom. The average molecular weight is 482 g/mol. The second-order valence-electron chi connectivity index (χ2n) is 8.71. The molecule has 0 aromatic heterocycles. The Morgan fingerprint density at radius 3 is 2.41 bits per heavy atom. The Morgan fingerprint density at radius 1 is 1.00 bits per heavy atom. The molecular formula is C27H35N3O3S. The van der Waals surface area contributed by atoms with Crippen molar-refractivity contribution in [3.8, 4) is 5.75 Å². The van der Waals surface area contributed by atoms with Crippen LogP contribution in [0.15, 0.2) is 48.5 Å². The van der Waals surface area contributed by atoms with Crippen LogP contribution >= 0.6 is 12.2 Å². The molecule has 0 heterocycles. The van der Waals surface area contributed by atoms with Gasteiger partial charge in [0, 0.05) is 13.1 Å². The van der Waals surface area contributed by atoms with Crippen molar-refractivity contribution in [3.05, 3.63) is 59.7 Å². The molecule has 2 aromatic carbocycles. The number of ether oxygens (including phenoxy) is 1. The number of hydrogen-bond donors (Lipinski definition) is 2. The van der Waals surface area contributed by atoms with Gasteiger partial charge in [0.05, 0.1) is 23.4 Å². The molecule has 2 aromatic rings. The summed E-state index contributed by atoms with van der Waals surface area (Å²) in [5, 5.41) is 5.89. The van der Waals surface area contributed by atoms with Crippen molar-refractivity contribution in [1.29, 1.82) is 0 Å². The number of benzene rings is 2. The van der Waals surface area contributed by atoms with Crippen molar-refractivity contribution in [2.24, 2.45) is 0 Å². The van der Waals surface area contributed by atoms with Crippen LogP contribution in [-0.2, 0) is 0 Å². The number of thiocarbonyl (C=S) groups is 1. The van der Waals surface area contributed by atoms with Crippen molar-refractivity contribution >= 4 is 34.8 Å². The highest BCUT2D eigenvalue weighted by Crippen LogP contribution is 2.25. The fraction of sp³-hybridized carbons (Fsp3) is 0.444. The number of carbonyl (C=O) groups excluding carboxylic acids is 2. The van der Waals surface area contributed by atoms with E-state index in [-0.39, 0.29) is 23.0 Å². The summed E-state index contributed by atoms with van der Waals surface area (Å²) in [4.78, 5) is 28.0. The van der Waals surface area contributed by atoms with Crippen LogP contribution < -0.4 is 15.4 Å². The van der Waals surface area contributed by atoms with Crippen LogP contribution in [0.5, 0.6) is 5.75 Å². The van der Waals surface area contributed by atoms with Crippen molar-refractivity contribution in [2.45, 2.75) is 64.3 Å². The molecule has 6 nitrogen and oxygen atoms in total. The van der Waals surface area contributed by atoms with Crippen LogP contribution in [-0.4, -0.2) is 41.5 Å². The van der Waals surface area contributed by atoms with E-state index in [4.69, 9.17) is 17.0 Å². The number of carbonyl (C=O) groups is 2. The molecule has 0 radical (unpaired) electrons. The molecule has 3 rings (SSSR count). The van der Waals surface area contributed by atoms with Gasteiger partial charge in [-0.05, 0) is 55.7 Å². The summed E-state index contributed by atoms with van der Waals surface area (Å²) in [7, 11) is 1.87. The number of unbranched alkanes of at least 4 members (excludes halogenated alkanes) is 2. The lowest BCUT2D eigenvalue weighted by Gasteiger charge is -2.31. The highest BCUT2D eigenvalue weighted by Gasteiger charge is 2.25. The highest BCUT2D eigenvalue weighted by atomic mass is 32.1. The van der Waals surface area contributed by atoms with E-state index in [1.807, 2.05) is 30.1 Å². The van der Waals surface area contributed by atoms with E-state index >= 15 is 0 Å². The summed E-state index contributed by atoms with van der Waals surface area (Å²) in [6, 6.07) is 14.6. The van der Waals surface area contributed by atoms with Crippen LogP contribution in [0.4, 0.5) is 5.69 Å². The fourth-order valence-electron chi connectivity index (χ4n) is 4.24. The maximum Gasteiger partial charge on any atom is 0.261 e. The zero-order valence-corrected chi connectivity index (χ0v) is 21.0.